The third kappa shape index (κ3) is 2.87. The Bertz CT molecular complexity index is 392. The summed E-state index contributed by atoms with van der Waals surface area (Å²) in [6.45, 7) is 1.06. The topological polar surface area (TPSA) is 24.9 Å². The monoisotopic (exact) mass is 238 g/mol. The Labute approximate surface area is 98.0 Å². The average molecular weight is 238 g/mol. The van der Waals surface area contributed by atoms with Crippen LogP contribution in [0.1, 0.15) is 12.1 Å². The Kier molecular flexibility index (Phi) is 3.88. The van der Waals surface area contributed by atoms with E-state index in [0.29, 0.717) is 0 Å². The molecule has 4 heteroatoms. The van der Waals surface area contributed by atoms with Gasteiger partial charge in [0.2, 0.25) is 0 Å². The second kappa shape index (κ2) is 5.39. The molecule has 0 aliphatic rings. The molecule has 15 heavy (non-hydrogen) atoms. The van der Waals surface area contributed by atoms with Crippen LogP contribution in [0.3, 0.4) is 0 Å². The first-order valence-electron chi connectivity index (χ1n) is 5.03. The fraction of sp³-hybridized carbons (Fsp3) is 0.364. The van der Waals surface area contributed by atoms with E-state index in [0.717, 1.165) is 24.4 Å². The molecule has 2 aromatic rings. The Morgan fingerprint density at radius 1 is 1.40 bits per heavy atom. The molecule has 0 saturated carbocycles. The molecular weight excluding hydrogens is 224 g/mol. The Morgan fingerprint density at radius 2 is 2.33 bits per heavy atom. The van der Waals surface area contributed by atoms with Gasteiger partial charge in [-0.3, -0.25) is 0 Å². The molecule has 2 heterocycles. The minimum absolute atomic E-state index is 1.06. The van der Waals surface area contributed by atoms with E-state index in [4.69, 9.17) is 0 Å². The SMILES string of the molecule is CNCCCc1csc(-c2cccs2)n1. The number of thiazole rings is 1. The summed E-state index contributed by atoms with van der Waals surface area (Å²) in [4.78, 5) is 5.90. The minimum Gasteiger partial charge on any atom is -0.320 e. The standard InChI is InChI=1S/C11H14N2S2/c1-12-6-2-4-9-8-15-11(13-9)10-5-3-7-14-10/h3,5,7-8,12H,2,4,6H2,1H3. The van der Waals surface area contributed by atoms with Gasteiger partial charge in [0.1, 0.15) is 5.01 Å². The number of nitrogens with zero attached hydrogens (tertiary/aromatic N) is 1. The molecule has 2 nitrogen and oxygen atoms in total. The van der Waals surface area contributed by atoms with E-state index in [2.05, 4.69) is 33.2 Å². The predicted octanol–water partition coefficient (Wildman–Crippen LogP) is 3.02. The predicted molar refractivity (Wildman–Crippen MR) is 67.7 cm³/mol. The molecule has 0 aliphatic heterocycles. The molecule has 2 aromatic heterocycles. The largest absolute Gasteiger partial charge is 0.320 e. The summed E-state index contributed by atoms with van der Waals surface area (Å²) < 4.78 is 0. The quantitative estimate of drug-likeness (QED) is 0.810. The van der Waals surface area contributed by atoms with Gasteiger partial charge in [0.15, 0.2) is 0 Å². The number of hydrogen-bond donors (Lipinski definition) is 1. The molecule has 0 bridgehead atoms. The maximum atomic E-state index is 4.63. The van der Waals surface area contributed by atoms with Crippen molar-refractivity contribution in [1.82, 2.24) is 10.3 Å². The number of hydrogen-bond acceptors (Lipinski definition) is 4. The summed E-state index contributed by atoms with van der Waals surface area (Å²) in [5.74, 6) is 0. The maximum Gasteiger partial charge on any atom is 0.133 e. The third-order valence-corrected chi connectivity index (χ3v) is 4.07. The van der Waals surface area contributed by atoms with Gasteiger partial charge in [-0.2, -0.15) is 0 Å². The molecule has 2 rings (SSSR count). The van der Waals surface area contributed by atoms with Gasteiger partial charge in [0.25, 0.3) is 0 Å². The maximum absolute atomic E-state index is 4.63. The highest BCUT2D eigenvalue weighted by atomic mass is 32.1. The highest BCUT2D eigenvalue weighted by molar-refractivity contribution is 7.20. The van der Waals surface area contributed by atoms with E-state index < -0.39 is 0 Å². The number of rotatable bonds is 5. The van der Waals surface area contributed by atoms with Crippen molar-refractivity contribution in [3.8, 4) is 9.88 Å². The first-order chi connectivity index (χ1) is 7.40. The van der Waals surface area contributed by atoms with Crippen molar-refractivity contribution >= 4 is 22.7 Å². The van der Waals surface area contributed by atoms with Crippen molar-refractivity contribution < 1.29 is 0 Å². The first-order valence-corrected chi connectivity index (χ1v) is 6.79. The van der Waals surface area contributed by atoms with E-state index in [1.54, 1.807) is 22.7 Å². The molecule has 0 unspecified atom stereocenters. The molecule has 0 aliphatic carbocycles. The number of thiophene rings is 1. The molecule has 0 spiro atoms. The van der Waals surface area contributed by atoms with Crippen LogP contribution in [-0.4, -0.2) is 18.6 Å². The van der Waals surface area contributed by atoms with Crippen molar-refractivity contribution in [3.63, 3.8) is 0 Å². The summed E-state index contributed by atoms with van der Waals surface area (Å²) in [7, 11) is 1.98. The zero-order chi connectivity index (χ0) is 10.5. The van der Waals surface area contributed by atoms with Crippen LogP contribution in [-0.2, 0) is 6.42 Å². The Balaban J connectivity index is 1.98. The zero-order valence-corrected chi connectivity index (χ0v) is 10.3. The summed E-state index contributed by atoms with van der Waals surface area (Å²) in [5, 5.41) is 8.57. The molecule has 0 atom stereocenters. The highest BCUT2D eigenvalue weighted by Gasteiger charge is 2.04. The van der Waals surface area contributed by atoms with Crippen molar-refractivity contribution in [2.24, 2.45) is 0 Å². The van der Waals surface area contributed by atoms with Crippen molar-refractivity contribution in [2.75, 3.05) is 13.6 Å². The highest BCUT2D eigenvalue weighted by Crippen LogP contribution is 2.27. The second-order valence-corrected chi connectivity index (χ2v) is 5.13. The van der Waals surface area contributed by atoms with Gasteiger partial charge in [0, 0.05) is 5.38 Å². The second-order valence-electron chi connectivity index (χ2n) is 3.33. The molecule has 0 saturated heterocycles. The van der Waals surface area contributed by atoms with Crippen LogP contribution < -0.4 is 5.32 Å². The first kappa shape index (κ1) is 10.8. The lowest BCUT2D eigenvalue weighted by Gasteiger charge is -1.95. The molecule has 0 amide bonds. The van der Waals surface area contributed by atoms with Crippen LogP contribution in [0.15, 0.2) is 22.9 Å². The molecule has 80 valence electrons. The fourth-order valence-electron chi connectivity index (χ4n) is 1.38. The Hall–Kier alpha value is -0.710. The fourth-order valence-corrected chi connectivity index (χ4v) is 3.05. The summed E-state index contributed by atoms with van der Waals surface area (Å²) in [6.07, 6.45) is 2.23. The number of aromatic nitrogens is 1. The zero-order valence-electron chi connectivity index (χ0n) is 8.69. The lowest BCUT2D eigenvalue weighted by molar-refractivity contribution is 0.718. The van der Waals surface area contributed by atoms with Crippen molar-refractivity contribution in [3.05, 3.63) is 28.6 Å². The van der Waals surface area contributed by atoms with Gasteiger partial charge < -0.3 is 5.32 Å². The average Bonchev–Trinajstić information content (AvgIpc) is 2.87. The van der Waals surface area contributed by atoms with Gasteiger partial charge in [-0.25, -0.2) is 4.98 Å². The van der Waals surface area contributed by atoms with Gasteiger partial charge in [-0.05, 0) is 37.9 Å². The van der Waals surface area contributed by atoms with Gasteiger partial charge >= 0.3 is 0 Å². The molecular formula is C11H14N2S2. The summed E-state index contributed by atoms with van der Waals surface area (Å²) in [5.41, 5.74) is 1.22. The van der Waals surface area contributed by atoms with Crippen LogP contribution in [0.2, 0.25) is 0 Å². The van der Waals surface area contributed by atoms with E-state index in [-0.39, 0.29) is 0 Å². The molecule has 1 N–H and O–H groups in total. The van der Waals surface area contributed by atoms with E-state index in [1.165, 1.54) is 10.6 Å². The molecule has 0 aromatic carbocycles. The molecule has 0 radical (unpaired) electrons. The van der Waals surface area contributed by atoms with Crippen LogP contribution in [0.25, 0.3) is 9.88 Å². The smallest absolute Gasteiger partial charge is 0.133 e. The lowest BCUT2D eigenvalue weighted by atomic mass is 10.2. The summed E-state index contributed by atoms with van der Waals surface area (Å²) in [6, 6.07) is 4.20. The van der Waals surface area contributed by atoms with Gasteiger partial charge in [0.05, 0.1) is 10.6 Å². The van der Waals surface area contributed by atoms with Crippen LogP contribution in [0, 0.1) is 0 Å². The normalized spacial score (nSPS) is 10.7. The Morgan fingerprint density at radius 3 is 3.07 bits per heavy atom. The van der Waals surface area contributed by atoms with Gasteiger partial charge in [-0.1, -0.05) is 6.07 Å². The van der Waals surface area contributed by atoms with Crippen LogP contribution in [0.5, 0.6) is 0 Å². The molecule has 0 fully saturated rings. The van der Waals surface area contributed by atoms with Gasteiger partial charge in [-0.15, -0.1) is 22.7 Å². The van der Waals surface area contributed by atoms with E-state index in [1.807, 2.05) is 7.05 Å². The number of aryl methyl sites for hydroxylation is 1. The van der Waals surface area contributed by atoms with E-state index >= 15 is 0 Å². The third-order valence-electron chi connectivity index (χ3n) is 2.14. The lowest BCUT2D eigenvalue weighted by Crippen LogP contribution is -2.08. The van der Waals surface area contributed by atoms with E-state index in [9.17, 15) is 0 Å². The van der Waals surface area contributed by atoms with Crippen molar-refractivity contribution in [1.29, 1.82) is 0 Å². The van der Waals surface area contributed by atoms with Crippen LogP contribution >= 0.6 is 22.7 Å². The van der Waals surface area contributed by atoms with Crippen LogP contribution in [0.4, 0.5) is 0 Å². The minimum atomic E-state index is 1.06. The number of nitrogens with one attached hydrogen (secondary N) is 1. The van der Waals surface area contributed by atoms with Crippen molar-refractivity contribution in [2.45, 2.75) is 12.8 Å². The summed E-state index contributed by atoms with van der Waals surface area (Å²) >= 11 is 3.50.